The van der Waals surface area contributed by atoms with Gasteiger partial charge in [0.15, 0.2) is 4.96 Å². The normalized spacial score (nSPS) is 11.6. The van der Waals surface area contributed by atoms with Gasteiger partial charge < -0.3 is 5.73 Å². The van der Waals surface area contributed by atoms with Crippen LogP contribution >= 0.6 is 11.3 Å². The summed E-state index contributed by atoms with van der Waals surface area (Å²) in [6.07, 6.45) is 0. The van der Waals surface area contributed by atoms with Gasteiger partial charge in [0.1, 0.15) is 0 Å². The quantitative estimate of drug-likeness (QED) is 0.871. The molecule has 0 fully saturated rings. The maximum Gasteiger partial charge on any atom is 0.259 e. The largest absolute Gasteiger partial charge is 0.329 e. The number of nitrogens with two attached hydrogens (primary N) is 1. The van der Waals surface area contributed by atoms with Crippen molar-refractivity contribution < 1.29 is 0 Å². The molecule has 0 aliphatic heterocycles. The molecule has 0 aromatic carbocycles. The maximum atomic E-state index is 12.0. The van der Waals surface area contributed by atoms with Crippen molar-refractivity contribution in [2.75, 3.05) is 19.6 Å². The van der Waals surface area contributed by atoms with E-state index in [9.17, 15) is 4.79 Å². The SMILES string of the molecule is CCN(CCN)Cc1cc(=O)n2c(C)csc2n1. The molecule has 2 N–H and O–H groups in total. The number of aryl methyl sites for hydroxylation is 1. The average Bonchev–Trinajstić information content (AvgIpc) is 2.71. The number of rotatable bonds is 5. The van der Waals surface area contributed by atoms with Crippen LogP contribution in [0.5, 0.6) is 0 Å². The van der Waals surface area contributed by atoms with Gasteiger partial charge in [-0.3, -0.25) is 14.1 Å². The van der Waals surface area contributed by atoms with E-state index >= 15 is 0 Å². The third-order valence-electron chi connectivity index (χ3n) is 2.91. The molecule has 2 rings (SSSR count). The molecule has 0 amide bonds. The average molecular weight is 266 g/mol. The third kappa shape index (κ3) is 2.60. The van der Waals surface area contributed by atoms with E-state index in [0.717, 1.165) is 29.4 Å². The van der Waals surface area contributed by atoms with Crippen LogP contribution in [0.1, 0.15) is 18.3 Å². The predicted molar refractivity (Wildman–Crippen MR) is 74.1 cm³/mol. The first-order chi connectivity index (χ1) is 8.65. The lowest BCUT2D eigenvalue weighted by Crippen LogP contribution is -2.30. The molecule has 0 atom stereocenters. The molecule has 0 aliphatic carbocycles. The van der Waals surface area contributed by atoms with Gasteiger partial charge in [-0.1, -0.05) is 6.92 Å². The number of hydrogen-bond acceptors (Lipinski definition) is 5. The van der Waals surface area contributed by atoms with Crippen LogP contribution in [0.15, 0.2) is 16.2 Å². The molecule has 0 spiro atoms. The minimum absolute atomic E-state index is 0.00227. The Morgan fingerprint density at radius 3 is 3.00 bits per heavy atom. The highest BCUT2D eigenvalue weighted by atomic mass is 32.1. The van der Waals surface area contributed by atoms with E-state index in [1.165, 1.54) is 11.3 Å². The smallest absolute Gasteiger partial charge is 0.259 e. The van der Waals surface area contributed by atoms with Gasteiger partial charge in [-0.25, -0.2) is 4.98 Å². The second kappa shape index (κ2) is 5.60. The van der Waals surface area contributed by atoms with Crippen LogP contribution in [-0.2, 0) is 6.54 Å². The van der Waals surface area contributed by atoms with E-state index in [4.69, 9.17) is 5.73 Å². The summed E-state index contributed by atoms with van der Waals surface area (Å²) in [6, 6.07) is 1.62. The molecule has 2 aromatic heterocycles. The van der Waals surface area contributed by atoms with Crippen LogP contribution in [0.25, 0.3) is 4.96 Å². The minimum atomic E-state index is -0.00227. The predicted octanol–water partition coefficient (Wildman–Crippen LogP) is 0.845. The van der Waals surface area contributed by atoms with Crippen LogP contribution in [0.2, 0.25) is 0 Å². The van der Waals surface area contributed by atoms with E-state index in [-0.39, 0.29) is 5.56 Å². The molecule has 5 nitrogen and oxygen atoms in total. The third-order valence-corrected chi connectivity index (χ3v) is 3.85. The first-order valence-electron chi connectivity index (χ1n) is 6.05. The molecule has 18 heavy (non-hydrogen) atoms. The second-order valence-electron chi connectivity index (χ2n) is 4.24. The lowest BCUT2D eigenvalue weighted by Gasteiger charge is -2.18. The van der Waals surface area contributed by atoms with Crippen LogP contribution in [-0.4, -0.2) is 33.9 Å². The Hall–Kier alpha value is -1.24. The molecule has 98 valence electrons. The molecule has 0 radical (unpaired) electrons. The van der Waals surface area contributed by atoms with Crippen molar-refractivity contribution in [3.63, 3.8) is 0 Å². The van der Waals surface area contributed by atoms with Crippen LogP contribution in [0, 0.1) is 6.92 Å². The van der Waals surface area contributed by atoms with Gasteiger partial charge in [0.25, 0.3) is 5.56 Å². The van der Waals surface area contributed by atoms with Crippen molar-refractivity contribution in [1.82, 2.24) is 14.3 Å². The summed E-state index contributed by atoms with van der Waals surface area (Å²) < 4.78 is 1.65. The van der Waals surface area contributed by atoms with Gasteiger partial charge in [-0.2, -0.15) is 0 Å². The number of likely N-dealkylation sites (N-methyl/N-ethyl adjacent to an activating group) is 1. The van der Waals surface area contributed by atoms with Crippen LogP contribution in [0.4, 0.5) is 0 Å². The highest BCUT2D eigenvalue weighted by Gasteiger charge is 2.09. The van der Waals surface area contributed by atoms with E-state index in [0.29, 0.717) is 13.1 Å². The Morgan fingerprint density at radius 2 is 2.33 bits per heavy atom. The molecule has 0 bridgehead atoms. The van der Waals surface area contributed by atoms with Crippen molar-refractivity contribution in [2.24, 2.45) is 5.73 Å². The Kier molecular flexibility index (Phi) is 4.11. The Labute approximate surface area is 110 Å². The Bertz CT molecular complexity index is 589. The minimum Gasteiger partial charge on any atom is -0.329 e. The Balaban J connectivity index is 2.32. The first kappa shape index (κ1) is 13.2. The van der Waals surface area contributed by atoms with Gasteiger partial charge >= 0.3 is 0 Å². The lowest BCUT2D eigenvalue weighted by atomic mass is 10.3. The molecule has 0 saturated carbocycles. The van der Waals surface area contributed by atoms with Gasteiger partial charge in [0, 0.05) is 36.8 Å². The fourth-order valence-electron chi connectivity index (χ4n) is 1.94. The summed E-state index contributed by atoms with van der Waals surface area (Å²) >= 11 is 1.50. The van der Waals surface area contributed by atoms with Crippen molar-refractivity contribution in [1.29, 1.82) is 0 Å². The lowest BCUT2D eigenvalue weighted by molar-refractivity contribution is 0.285. The van der Waals surface area contributed by atoms with Crippen molar-refractivity contribution in [2.45, 2.75) is 20.4 Å². The zero-order chi connectivity index (χ0) is 13.1. The highest BCUT2D eigenvalue weighted by Crippen LogP contribution is 2.12. The molecule has 0 aliphatic rings. The standard InChI is InChI=1S/C12H18N4OS/c1-3-15(5-4-13)7-10-6-11(17)16-9(2)8-18-12(16)14-10/h6,8H,3-5,7,13H2,1-2H3. The number of fused-ring (bicyclic) bond motifs is 1. The molecular weight excluding hydrogens is 248 g/mol. The molecule has 0 unspecified atom stereocenters. The van der Waals surface area contributed by atoms with Gasteiger partial charge in [0.2, 0.25) is 0 Å². The number of thiazole rings is 1. The van der Waals surface area contributed by atoms with Crippen molar-refractivity contribution in [3.05, 3.63) is 33.2 Å². The summed E-state index contributed by atoms with van der Waals surface area (Å²) in [6.45, 7) is 7.02. The summed E-state index contributed by atoms with van der Waals surface area (Å²) in [7, 11) is 0. The monoisotopic (exact) mass is 266 g/mol. The van der Waals surface area contributed by atoms with E-state index in [1.807, 2.05) is 12.3 Å². The summed E-state index contributed by atoms with van der Waals surface area (Å²) in [5.74, 6) is 0. The summed E-state index contributed by atoms with van der Waals surface area (Å²) in [5, 5.41) is 1.95. The van der Waals surface area contributed by atoms with E-state index < -0.39 is 0 Å². The molecular formula is C12H18N4OS. The number of nitrogens with zero attached hydrogens (tertiary/aromatic N) is 3. The molecule has 2 aromatic rings. The number of aromatic nitrogens is 2. The van der Waals surface area contributed by atoms with Gasteiger partial charge in [-0.15, -0.1) is 11.3 Å². The topological polar surface area (TPSA) is 63.6 Å². The zero-order valence-electron chi connectivity index (χ0n) is 10.7. The fourth-order valence-corrected chi connectivity index (χ4v) is 2.83. The van der Waals surface area contributed by atoms with Crippen LogP contribution < -0.4 is 11.3 Å². The zero-order valence-corrected chi connectivity index (χ0v) is 11.5. The first-order valence-corrected chi connectivity index (χ1v) is 6.93. The maximum absolute atomic E-state index is 12.0. The highest BCUT2D eigenvalue weighted by molar-refractivity contribution is 7.15. The molecule has 6 heteroatoms. The van der Waals surface area contributed by atoms with E-state index in [2.05, 4.69) is 16.8 Å². The van der Waals surface area contributed by atoms with Gasteiger partial charge in [0.05, 0.1) is 5.69 Å². The Morgan fingerprint density at radius 1 is 1.56 bits per heavy atom. The van der Waals surface area contributed by atoms with Gasteiger partial charge in [-0.05, 0) is 13.5 Å². The van der Waals surface area contributed by atoms with Crippen LogP contribution in [0.3, 0.4) is 0 Å². The second-order valence-corrected chi connectivity index (χ2v) is 5.07. The molecule has 2 heterocycles. The molecule has 0 saturated heterocycles. The summed E-state index contributed by atoms with van der Waals surface area (Å²) in [4.78, 5) is 19.5. The van der Waals surface area contributed by atoms with Crippen molar-refractivity contribution >= 4 is 16.3 Å². The fraction of sp³-hybridized carbons (Fsp3) is 0.500. The van der Waals surface area contributed by atoms with E-state index in [1.54, 1.807) is 10.5 Å². The summed E-state index contributed by atoms with van der Waals surface area (Å²) in [5.41, 5.74) is 7.31. The number of hydrogen-bond donors (Lipinski definition) is 1. The van der Waals surface area contributed by atoms with Crippen molar-refractivity contribution in [3.8, 4) is 0 Å².